The summed E-state index contributed by atoms with van der Waals surface area (Å²) in [6.07, 6.45) is 17.5. The van der Waals surface area contributed by atoms with Gasteiger partial charge in [-0.15, -0.1) is 0 Å². The van der Waals surface area contributed by atoms with Crippen molar-refractivity contribution in [3.8, 4) is 0 Å². The lowest BCUT2D eigenvalue weighted by atomic mass is 9.63. The molecule has 8 heteroatoms. The van der Waals surface area contributed by atoms with Crippen LogP contribution in [-0.2, 0) is 28.5 Å². The highest BCUT2D eigenvalue weighted by atomic mass is 16.7. The topological polar surface area (TPSA) is 112 Å². The summed E-state index contributed by atoms with van der Waals surface area (Å²) in [5.41, 5.74) is 2.33. The fourth-order valence-electron chi connectivity index (χ4n) is 9.71. The summed E-state index contributed by atoms with van der Waals surface area (Å²) in [6.45, 7) is 2.03. The second-order valence-electron chi connectivity index (χ2n) is 15.4. The molecule has 1 saturated heterocycles. The van der Waals surface area contributed by atoms with E-state index >= 15 is 0 Å². The quantitative estimate of drug-likeness (QED) is 0.281. The molecule has 242 valence electrons. The highest BCUT2D eigenvalue weighted by Crippen LogP contribution is 2.49. The number of ether oxygens (including phenoxy) is 4. The van der Waals surface area contributed by atoms with E-state index in [0.717, 1.165) is 63.4 Å². The molecule has 1 aliphatic heterocycles. The van der Waals surface area contributed by atoms with Crippen LogP contribution in [0.2, 0.25) is 0 Å². The van der Waals surface area contributed by atoms with Crippen molar-refractivity contribution in [1.29, 1.82) is 0 Å². The molecule has 4 fully saturated rings. The van der Waals surface area contributed by atoms with E-state index < -0.39 is 35.4 Å². The summed E-state index contributed by atoms with van der Waals surface area (Å²) < 4.78 is 25.0. The van der Waals surface area contributed by atoms with Crippen LogP contribution in [0.25, 0.3) is 0 Å². The molecule has 7 aliphatic rings. The van der Waals surface area contributed by atoms with Crippen LogP contribution in [0.4, 0.5) is 0 Å². The maximum absolute atomic E-state index is 13.7. The predicted octanol–water partition coefficient (Wildman–Crippen LogP) is 5.32. The minimum absolute atomic E-state index is 0.00948. The molecular formula is C36H50O8. The van der Waals surface area contributed by atoms with E-state index in [-0.39, 0.29) is 43.6 Å². The third-order valence-electron chi connectivity index (χ3n) is 11.9. The lowest BCUT2D eigenvalue weighted by molar-refractivity contribution is -0.164. The standard InChI is InChI=1S/C36H50O8/c1-35(15-25-7-8-29(38)28(14-25)18-35)33(39)41-20-30-31(44-32(43-30)27-12-22-4-2-5-23(10-22)13-27)21-42-34(40)36-9-3-6-24(16-36)11-26(17-36)19-37/h11-12,18,23,25-27,29-32,37-38H,2-10,13-17,19-21H2,1H3. The second-order valence-corrected chi connectivity index (χ2v) is 15.4. The van der Waals surface area contributed by atoms with Gasteiger partial charge >= 0.3 is 11.9 Å². The van der Waals surface area contributed by atoms with Crippen LogP contribution in [0, 0.1) is 34.5 Å². The molecule has 0 amide bonds. The minimum atomic E-state index is -0.776. The maximum atomic E-state index is 13.7. The lowest BCUT2D eigenvalue weighted by Gasteiger charge is -2.41. The first-order chi connectivity index (χ1) is 21.2. The fourth-order valence-corrected chi connectivity index (χ4v) is 9.71. The zero-order valence-corrected chi connectivity index (χ0v) is 26.2. The zero-order chi connectivity index (χ0) is 30.5. The number of carbonyl (C=O) groups is 2. The molecule has 44 heavy (non-hydrogen) atoms. The number of carbonyl (C=O) groups excluding carboxylic acids is 2. The predicted molar refractivity (Wildman–Crippen MR) is 162 cm³/mol. The molecule has 7 rings (SSSR count). The fraction of sp³-hybridized carbons (Fsp3) is 0.778. The van der Waals surface area contributed by atoms with Gasteiger partial charge in [0.15, 0.2) is 6.29 Å². The van der Waals surface area contributed by atoms with Crippen molar-refractivity contribution in [2.24, 2.45) is 34.5 Å². The molecule has 0 aromatic rings. The highest BCUT2D eigenvalue weighted by molar-refractivity contribution is 5.79. The maximum Gasteiger partial charge on any atom is 0.315 e. The van der Waals surface area contributed by atoms with E-state index in [0.29, 0.717) is 24.7 Å². The Labute approximate surface area is 261 Å². The molecule has 10 unspecified atom stereocenters. The molecule has 0 spiro atoms. The number of fused-ring (bicyclic) bond motifs is 6. The van der Waals surface area contributed by atoms with Crippen molar-refractivity contribution >= 4 is 11.9 Å². The number of aliphatic hydroxyl groups is 2. The van der Waals surface area contributed by atoms with Crippen LogP contribution in [-0.4, -0.2) is 66.6 Å². The molecule has 6 bridgehead atoms. The van der Waals surface area contributed by atoms with Crippen LogP contribution in [0.15, 0.2) is 34.9 Å². The molecule has 1 heterocycles. The molecule has 0 aromatic heterocycles. The van der Waals surface area contributed by atoms with Crippen molar-refractivity contribution < 1.29 is 38.7 Å². The first-order valence-electron chi connectivity index (χ1n) is 17.3. The molecule has 2 N–H and O–H groups in total. The largest absolute Gasteiger partial charge is 0.462 e. The number of aliphatic hydroxyl groups excluding tert-OH is 2. The highest BCUT2D eigenvalue weighted by Gasteiger charge is 2.49. The van der Waals surface area contributed by atoms with E-state index in [9.17, 15) is 19.8 Å². The minimum Gasteiger partial charge on any atom is -0.462 e. The van der Waals surface area contributed by atoms with Gasteiger partial charge in [0.2, 0.25) is 0 Å². The van der Waals surface area contributed by atoms with Crippen LogP contribution in [0.1, 0.15) is 96.8 Å². The zero-order valence-electron chi connectivity index (χ0n) is 26.2. The van der Waals surface area contributed by atoms with Crippen LogP contribution < -0.4 is 0 Å². The van der Waals surface area contributed by atoms with E-state index in [1.165, 1.54) is 30.4 Å². The van der Waals surface area contributed by atoms with Gasteiger partial charge in [-0.2, -0.15) is 0 Å². The van der Waals surface area contributed by atoms with E-state index in [4.69, 9.17) is 18.9 Å². The number of hydrogen-bond donors (Lipinski definition) is 2. The van der Waals surface area contributed by atoms with Gasteiger partial charge in [0.25, 0.3) is 0 Å². The summed E-state index contributed by atoms with van der Waals surface area (Å²) in [5, 5.41) is 20.3. The van der Waals surface area contributed by atoms with Crippen molar-refractivity contribution in [2.45, 2.75) is 121 Å². The van der Waals surface area contributed by atoms with Gasteiger partial charge in [0.1, 0.15) is 25.4 Å². The Hall–Kier alpha value is -2.00. The number of allylic oxidation sites excluding steroid dienone is 2. The Bertz CT molecular complexity index is 1220. The summed E-state index contributed by atoms with van der Waals surface area (Å²) in [6, 6.07) is 0. The number of hydrogen-bond acceptors (Lipinski definition) is 8. The smallest absolute Gasteiger partial charge is 0.315 e. The Morgan fingerprint density at radius 1 is 0.932 bits per heavy atom. The van der Waals surface area contributed by atoms with Gasteiger partial charge in [-0.3, -0.25) is 9.59 Å². The average Bonchev–Trinajstić information content (AvgIpc) is 3.43. The number of rotatable bonds is 8. The summed E-state index contributed by atoms with van der Waals surface area (Å²) in [5.74, 6) is 0.648. The van der Waals surface area contributed by atoms with Crippen LogP contribution in [0.5, 0.6) is 0 Å². The SMILES string of the molecule is CC1(C(=O)OCC2OC(C3C=C4CCCC(C4)C3)OC2COC(=O)C23CCCC(=CC(CO)C2)C3)C=C2CC(CCC2O)C1. The third kappa shape index (κ3) is 6.08. The Kier molecular flexibility index (Phi) is 8.57. The average molecular weight is 611 g/mol. The molecular weight excluding hydrogens is 560 g/mol. The Morgan fingerprint density at radius 3 is 2.48 bits per heavy atom. The molecule has 6 aliphatic carbocycles. The van der Waals surface area contributed by atoms with E-state index in [1.54, 1.807) is 0 Å². The van der Waals surface area contributed by atoms with Crippen LogP contribution in [0.3, 0.4) is 0 Å². The Morgan fingerprint density at radius 2 is 1.70 bits per heavy atom. The van der Waals surface area contributed by atoms with Gasteiger partial charge in [-0.1, -0.05) is 29.4 Å². The van der Waals surface area contributed by atoms with E-state index in [2.05, 4.69) is 12.2 Å². The summed E-state index contributed by atoms with van der Waals surface area (Å²) in [7, 11) is 0. The third-order valence-corrected chi connectivity index (χ3v) is 11.9. The van der Waals surface area contributed by atoms with Gasteiger partial charge in [-0.25, -0.2) is 0 Å². The van der Waals surface area contributed by atoms with Crippen LogP contribution >= 0.6 is 0 Å². The van der Waals surface area contributed by atoms with Gasteiger partial charge < -0.3 is 29.2 Å². The lowest BCUT2D eigenvalue weighted by Crippen LogP contribution is -2.43. The van der Waals surface area contributed by atoms with Crippen molar-refractivity contribution in [2.75, 3.05) is 19.8 Å². The first kappa shape index (κ1) is 30.6. The molecule has 8 nitrogen and oxygen atoms in total. The molecule has 3 saturated carbocycles. The van der Waals surface area contributed by atoms with Gasteiger partial charge in [0, 0.05) is 18.4 Å². The summed E-state index contributed by atoms with van der Waals surface area (Å²) >= 11 is 0. The monoisotopic (exact) mass is 610 g/mol. The summed E-state index contributed by atoms with van der Waals surface area (Å²) in [4.78, 5) is 27.2. The first-order valence-corrected chi connectivity index (χ1v) is 17.3. The van der Waals surface area contributed by atoms with Crippen molar-refractivity contribution in [3.05, 3.63) is 34.9 Å². The molecule has 0 aromatic carbocycles. The normalized spacial score (nSPS) is 42.9. The van der Waals surface area contributed by atoms with Gasteiger partial charge in [0.05, 0.1) is 16.9 Å². The molecule has 10 atom stereocenters. The van der Waals surface area contributed by atoms with E-state index in [1.807, 2.05) is 13.0 Å². The number of esters is 2. The Balaban J connectivity index is 1.04. The second kappa shape index (κ2) is 12.3. The van der Waals surface area contributed by atoms with Crippen molar-refractivity contribution in [3.63, 3.8) is 0 Å². The van der Waals surface area contributed by atoms with Gasteiger partial charge in [-0.05, 0) is 114 Å². The van der Waals surface area contributed by atoms with Crippen molar-refractivity contribution in [1.82, 2.24) is 0 Å². The molecule has 0 radical (unpaired) electrons.